The second-order valence-electron chi connectivity index (χ2n) is 1.91. The van der Waals surface area contributed by atoms with Crippen molar-refractivity contribution in [1.82, 2.24) is 9.78 Å². The first-order valence-corrected chi connectivity index (χ1v) is 3.94. The van der Waals surface area contributed by atoms with E-state index in [4.69, 9.17) is 5.73 Å². The van der Waals surface area contributed by atoms with E-state index in [1.807, 2.05) is 0 Å². The van der Waals surface area contributed by atoms with Gasteiger partial charge in [-0.1, -0.05) is 15.9 Å². The highest BCUT2D eigenvalue weighted by atomic mass is 79.9. The van der Waals surface area contributed by atoms with E-state index in [0.29, 0.717) is 0 Å². The van der Waals surface area contributed by atoms with Crippen LogP contribution in [0.5, 0.6) is 0 Å². The normalized spacial score (nSPS) is 9.91. The Kier molecular flexibility index (Phi) is 2.13. The average molecular weight is 220 g/mol. The summed E-state index contributed by atoms with van der Waals surface area (Å²) in [5.74, 6) is -0.177. The Labute approximate surface area is 70.3 Å². The molecule has 0 saturated heterocycles. The van der Waals surface area contributed by atoms with Crippen LogP contribution in [0.2, 0.25) is 0 Å². The van der Waals surface area contributed by atoms with Gasteiger partial charge in [-0.25, -0.2) is 4.68 Å². The summed E-state index contributed by atoms with van der Waals surface area (Å²) in [6.45, 7) is 0. The molecule has 6 heteroatoms. The van der Waals surface area contributed by atoms with Gasteiger partial charge >= 0.3 is 0 Å². The number of aromatic amines is 1. The van der Waals surface area contributed by atoms with Gasteiger partial charge in [0, 0.05) is 6.07 Å². The highest BCUT2D eigenvalue weighted by molar-refractivity contribution is 9.09. The average Bonchev–Trinajstić information content (AvgIpc) is 2.28. The predicted molar refractivity (Wildman–Crippen MR) is 43.9 cm³/mol. The van der Waals surface area contributed by atoms with Crippen molar-refractivity contribution in [2.45, 2.75) is 0 Å². The van der Waals surface area contributed by atoms with Crippen LogP contribution in [-0.4, -0.2) is 21.0 Å². The van der Waals surface area contributed by atoms with Crippen LogP contribution in [-0.2, 0) is 0 Å². The number of alkyl halides is 1. The maximum atomic E-state index is 10.9. The third-order valence-corrected chi connectivity index (χ3v) is 1.60. The Morgan fingerprint density at radius 3 is 2.82 bits per heavy atom. The zero-order valence-corrected chi connectivity index (χ0v) is 7.09. The van der Waals surface area contributed by atoms with Crippen LogP contribution in [0.3, 0.4) is 0 Å². The zero-order valence-electron chi connectivity index (χ0n) is 5.50. The molecule has 5 nitrogen and oxygen atoms in total. The van der Waals surface area contributed by atoms with Gasteiger partial charge in [0.1, 0.15) is 5.82 Å². The number of carbonyl (C=O) groups is 1. The number of nitrogens with zero attached hydrogens (tertiary/aromatic N) is 1. The van der Waals surface area contributed by atoms with Crippen molar-refractivity contribution in [3.63, 3.8) is 0 Å². The molecular weight excluding hydrogens is 214 g/mol. The fraction of sp³-hybridized carbons (Fsp3) is 0.200. The summed E-state index contributed by atoms with van der Waals surface area (Å²) in [5, 5.41) is 2.38. The van der Waals surface area contributed by atoms with Crippen molar-refractivity contribution in [2.75, 3.05) is 11.1 Å². The summed E-state index contributed by atoms with van der Waals surface area (Å²) < 4.78 is 0.997. The highest BCUT2D eigenvalue weighted by Crippen LogP contribution is 1.96. The first-order chi connectivity index (χ1) is 5.15. The second-order valence-corrected chi connectivity index (χ2v) is 2.47. The lowest BCUT2D eigenvalue weighted by molar-refractivity contribution is 0.0930. The van der Waals surface area contributed by atoms with Crippen LogP contribution in [0.1, 0.15) is 4.79 Å². The number of nitrogen functional groups attached to an aromatic ring is 1. The largest absolute Gasteiger partial charge is 0.383 e. The topological polar surface area (TPSA) is 80.9 Å². The number of hydrogen-bond acceptors (Lipinski definition) is 3. The molecule has 0 aliphatic rings. The van der Waals surface area contributed by atoms with Gasteiger partial charge in [0.25, 0.3) is 11.5 Å². The number of halogens is 1. The zero-order chi connectivity index (χ0) is 8.43. The quantitative estimate of drug-likeness (QED) is 0.642. The van der Waals surface area contributed by atoms with Gasteiger partial charge in [0.2, 0.25) is 0 Å². The summed E-state index contributed by atoms with van der Waals surface area (Å²) in [6, 6.07) is 1.15. The minimum Gasteiger partial charge on any atom is -0.383 e. The van der Waals surface area contributed by atoms with Crippen LogP contribution >= 0.6 is 15.9 Å². The molecule has 1 aromatic heterocycles. The van der Waals surface area contributed by atoms with Crippen molar-refractivity contribution in [2.24, 2.45) is 0 Å². The Bertz CT molecular complexity index is 327. The first-order valence-electron chi connectivity index (χ1n) is 2.82. The number of hydrogen-bond donors (Lipinski definition) is 2. The molecule has 0 fully saturated rings. The fourth-order valence-electron chi connectivity index (χ4n) is 0.672. The molecule has 1 aromatic rings. The van der Waals surface area contributed by atoms with E-state index < -0.39 is 0 Å². The number of aromatic nitrogens is 2. The van der Waals surface area contributed by atoms with Gasteiger partial charge < -0.3 is 5.73 Å². The monoisotopic (exact) mass is 219 g/mol. The van der Waals surface area contributed by atoms with E-state index in [0.717, 1.165) is 10.7 Å². The van der Waals surface area contributed by atoms with Gasteiger partial charge in [-0.05, 0) is 0 Å². The Morgan fingerprint density at radius 2 is 2.45 bits per heavy atom. The Hall–Kier alpha value is -1.04. The molecule has 1 heterocycles. The maximum Gasteiger partial charge on any atom is 0.266 e. The van der Waals surface area contributed by atoms with E-state index in [-0.39, 0.29) is 22.6 Å². The molecule has 0 atom stereocenters. The highest BCUT2D eigenvalue weighted by Gasteiger charge is 2.06. The third kappa shape index (κ3) is 1.51. The van der Waals surface area contributed by atoms with E-state index in [2.05, 4.69) is 21.0 Å². The van der Waals surface area contributed by atoms with Crippen molar-refractivity contribution in [3.05, 3.63) is 16.4 Å². The number of carbonyl (C=O) groups excluding carboxylic acids is 1. The lowest BCUT2D eigenvalue weighted by atomic mass is 10.6. The predicted octanol–water partition coefficient (Wildman–Crippen LogP) is -0.206. The number of rotatable bonds is 1. The molecule has 0 unspecified atom stereocenters. The molecule has 0 spiro atoms. The van der Waals surface area contributed by atoms with Crippen LogP contribution in [0.25, 0.3) is 0 Å². The molecule has 0 aliphatic carbocycles. The molecule has 0 amide bonds. The molecule has 0 aliphatic heterocycles. The van der Waals surface area contributed by atoms with Crippen molar-refractivity contribution in [3.8, 4) is 0 Å². The lowest BCUT2D eigenvalue weighted by Crippen LogP contribution is -2.17. The van der Waals surface area contributed by atoms with Crippen LogP contribution in [0.4, 0.5) is 5.82 Å². The number of H-pyrrole nitrogens is 1. The Morgan fingerprint density at radius 1 is 1.82 bits per heavy atom. The van der Waals surface area contributed by atoms with E-state index >= 15 is 0 Å². The second kappa shape index (κ2) is 2.91. The minimum absolute atomic E-state index is 0.124. The summed E-state index contributed by atoms with van der Waals surface area (Å²) in [7, 11) is 0. The van der Waals surface area contributed by atoms with Crippen LogP contribution in [0.15, 0.2) is 10.9 Å². The molecule has 60 valence electrons. The molecule has 0 aromatic carbocycles. The molecular formula is C5H6BrN3O2. The molecule has 11 heavy (non-hydrogen) atoms. The van der Waals surface area contributed by atoms with E-state index in [1.165, 1.54) is 0 Å². The van der Waals surface area contributed by atoms with Crippen LogP contribution < -0.4 is 11.3 Å². The fourth-order valence-corrected chi connectivity index (χ4v) is 0.923. The van der Waals surface area contributed by atoms with Crippen molar-refractivity contribution >= 4 is 27.7 Å². The standard InChI is InChI=1S/C5H6BrN3O2/c6-2-5(11)9-3(7)1-4(10)8-9/h1H,2,7H2,(H,8,10). The molecule has 3 N–H and O–H groups in total. The Balaban J connectivity index is 3.13. The minimum atomic E-state index is -0.378. The summed E-state index contributed by atoms with van der Waals surface area (Å²) >= 11 is 2.95. The lowest BCUT2D eigenvalue weighted by Gasteiger charge is -1.97. The van der Waals surface area contributed by atoms with E-state index in [1.54, 1.807) is 0 Å². The number of anilines is 1. The number of nitrogens with one attached hydrogen (secondary N) is 1. The smallest absolute Gasteiger partial charge is 0.266 e. The SMILES string of the molecule is Nc1cc(=O)[nH]n1C(=O)CBr. The van der Waals surface area contributed by atoms with Gasteiger partial charge in [-0.15, -0.1) is 0 Å². The van der Waals surface area contributed by atoms with Crippen molar-refractivity contribution < 1.29 is 4.79 Å². The third-order valence-electron chi connectivity index (χ3n) is 1.12. The van der Waals surface area contributed by atoms with Gasteiger partial charge in [0.15, 0.2) is 0 Å². The van der Waals surface area contributed by atoms with Gasteiger partial charge in [0.05, 0.1) is 5.33 Å². The van der Waals surface area contributed by atoms with Crippen LogP contribution in [0, 0.1) is 0 Å². The first kappa shape index (κ1) is 8.06. The molecule has 1 rings (SSSR count). The van der Waals surface area contributed by atoms with Crippen molar-refractivity contribution in [1.29, 1.82) is 0 Å². The maximum absolute atomic E-state index is 10.9. The van der Waals surface area contributed by atoms with Gasteiger partial charge in [-0.3, -0.25) is 14.7 Å². The molecule has 0 bridgehead atoms. The van der Waals surface area contributed by atoms with Gasteiger partial charge in [-0.2, -0.15) is 0 Å². The summed E-state index contributed by atoms with van der Waals surface area (Å²) in [5.41, 5.74) is 4.93. The number of nitrogens with two attached hydrogens (primary N) is 1. The summed E-state index contributed by atoms with van der Waals surface area (Å²) in [6.07, 6.45) is 0. The summed E-state index contributed by atoms with van der Waals surface area (Å²) in [4.78, 5) is 21.5. The molecule has 0 saturated carbocycles. The van der Waals surface area contributed by atoms with E-state index in [9.17, 15) is 9.59 Å². The molecule has 0 radical (unpaired) electrons.